The normalized spacial score (nSPS) is 16.0. The van der Waals surface area contributed by atoms with E-state index in [1.807, 2.05) is 0 Å². The van der Waals surface area contributed by atoms with E-state index >= 15 is 0 Å². The van der Waals surface area contributed by atoms with Gasteiger partial charge in [0, 0.05) is 17.9 Å². The first-order valence-electron chi connectivity index (χ1n) is 9.53. The molecule has 1 aromatic carbocycles. The molecule has 0 aromatic heterocycles. The van der Waals surface area contributed by atoms with Crippen LogP contribution >= 0.6 is 11.8 Å². The number of nitrogens with zero attached hydrogens (tertiary/aromatic N) is 1. The molecule has 1 N–H and O–H groups in total. The Hall–Kier alpha value is -2.09. The van der Waals surface area contributed by atoms with Crippen molar-refractivity contribution in [2.75, 3.05) is 39.5 Å². The van der Waals surface area contributed by atoms with Gasteiger partial charge in [-0.3, -0.25) is 9.59 Å². The molecule has 28 heavy (non-hydrogen) atoms. The standard InChI is InChI=1S/C20H30N2O5S/c1-5-6-7-8-9-21-19(23)15-12-28-13-22(15)20(24)14-10-16(25-2)18(27-4)17(11-14)26-3/h10-11,15H,5-9,12-13H2,1-4H3,(H,21,23)/t15-/m0/s1. The molecule has 156 valence electrons. The van der Waals surface area contributed by atoms with Crippen LogP contribution in [-0.4, -0.2) is 62.3 Å². The van der Waals surface area contributed by atoms with E-state index in [0.717, 1.165) is 19.3 Å². The van der Waals surface area contributed by atoms with E-state index in [0.29, 0.717) is 41.0 Å². The van der Waals surface area contributed by atoms with Crippen LogP contribution in [-0.2, 0) is 4.79 Å². The fourth-order valence-electron chi connectivity index (χ4n) is 3.11. The van der Waals surface area contributed by atoms with Crippen LogP contribution < -0.4 is 19.5 Å². The fourth-order valence-corrected chi connectivity index (χ4v) is 4.27. The molecule has 0 spiro atoms. The van der Waals surface area contributed by atoms with E-state index in [9.17, 15) is 9.59 Å². The predicted molar refractivity (Wildman–Crippen MR) is 111 cm³/mol. The zero-order valence-corrected chi connectivity index (χ0v) is 17.9. The largest absolute Gasteiger partial charge is 0.493 e. The molecular formula is C20H30N2O5S. The Morgan fingerprint density at radius 3 is 2.36 bits per heavy atom. The highest BCUT2D eigenvalue weighted by Crippen LogP contribution is 2.39. The van der Waals surface area contributed by atoms with Gasteiger partial charge in [0.15, 0.2) is 11.5 Å². The number of amides is 2. The minimum absolute atomic E-state index is 0.0951. The van der Waals surface area contributed by atoms with Crippen molar-refractivity contribution < 1.29 is 23.8 Å². The summed E-state index contributed by atoms with van der Waals surface area (Å²) < 4.78 is 16.0. The summed E-state index contributed by atoms with van der Waals surface area (Å²) in [6.07, 6.45) is 4.38. The quantitative estimate of drug-likeness (QED) is 0.598. The number of hydrogen-bond acceptors (Lipinski definition) is 6. The van der Waals surface area contributed by atoms with Crippen LogP contribution in [0.3, 0.4) is 0 Å². The lowest BCUT2D eigenvalue weighted by Gasteiger charge is -2.24. The topological polar surface area (TPSA) is 77.1 Å². The van der Waals surface area contributed by atoms with Gasteiger partial charge in [-0.25, -0.2) is 0 Å². The van der Waals surface area contributed by atoms with E-state index in [1.54, 1.807) is 28.8 Å². The van der Waals surface area contributed by atoms with Crippen molar-refractivity contribution in [3.05, 3.63) is 17.7 Å². The molecule has 2 rings (SSSR count). The van der Waals surface area contributed by atoms with Gasteiger partial charge in [0.05, 0.1) is 27.2 Å². The number of benzene rings is 1. The Morgan fingerprint density at radius 2 is 1.79 bits per heavy atom. The first-order valence-corrected chi connectivity index (χ1v) is 10.7. The Morgan fingerprint density at radius 1 is 1.11 bits per heavy atom. The van der Waals surface area contributed by atoms with Crippen molar-refractivity contribution in [2.24, 2.45) is 0 Å². The lowest BCUT2D eigenvalue weighted by Crippen LogP contribution is -2.47. The van der Waals surface area contributed by atoms with Crippen LogP contribution in [0.25, 0.3) is 0 Å². The van der Waals surface area contributed by atoms with Crippen LogP contribution in [0, 0.1) is 0 Å². The summed E-state index contributed by atoms with van der Waals surface area (Å²) >= 11 is 1.57. The summed E-state index contributed by atoms with van der Waals surface area (Å²) in [6.45, 7) is 2.80. The van der Waals surface area contributed by atoms with Gasteiger partial charge in [-0.15, -0.1) is 11.8 Å². The second-order valence-corrected chi connectivity index (χ2v) is 7.56. The highest BCUT2D eigenvalue weighted by atomic mass is 32.2. The lowest BCUT2D eigenvalue weighted by atomic mass is 10.1. The average molecular weight is 411 g/mol. The Bertz CT molecular complexity index is 658. The van der Waals surface area contributed by atoms with Gasteiger partial charge in [-0.1, -0.05) is 26.2 Å². The number of methoxy groups -OCH3 is 3. The highest BCUT2D eigenvalue weighted by molar-refractivity contribution is 7.99. The second-order valence-electron chi connectivity index (χ2n) is 6.56. The van der Waals surface area contributed by atoms with E-state index in [-0.39, 0.29) is 11.8 Å². The Balaban J connectivity index is 2.11. The number of carbonyl (C=O) groups excluding carboxylic acids is 2. The number of nitrogens with one attached hydrogen (secondary N) is 1. The van der Waals surface area contributed by atoms with Crippen LogP contribution in [0.1, 0.15) is 43.0 Å². The van der Waals surface area contributed by atoms with Gasteiger partial charge >= 0.3 is 0 Å². The molecular weight excluding hydrogens is 380 g/mol. The van der Waals surface area contributed by atoms with Gasteiger partial charge in [-0.05, 0) is 18.6 Å². The lowest BCUT2D eigenvalue weighted by molar-refractivity contribution is -0.124. The van der Waals surface area contributed by atoms with E-state index in [1.165, 1.54) is 27.8 Å². The van der Waals surface area contributed by atoms with Crippen molar-refractivity contribution in [1.29, 1.82) is 0 Å². The molecule has 1 aromatic rings. The van der Waals surface area contributed by atoms with E-state index in [4.69, 9.17) is 14.2 Å². The number of carbonyl (C=O) groups is 2. The predicted octanol–water partition coefficient (Wildman–Crippen LogP) is 2.92. The molecule has 1 aliphatic heterocycles. The first kappa shape index (κ1) is 22.2. The summed E-state index contributed by atoms with van der Waals surface area (Å²) in [5.74, 6) is 2.00. The second kappa shape index (κ2) is 11.0. The van der Waals surface area contributed by atoms with Crippen molar-refractivity contribution >= 4 is 23.6 Å². The molecule has 2 amide bonds. The molecule has 1 aliphatic rings. The summed E-state index contributed by atoms with van der Waals surface area (Å²) in [6, 6.07) is 2.77. The van der Waals surface area contributed by atoms with Crippen LogP contribution in [0.15, 0.2) is 12.1 Å². The third-order valence-electron chi connectivity index (χ3n) is 4.69. The van der Waals surface area contributed by atoms with Crippen LogP contribution in [0.2, 0.25) is 0 Å². The van der Waals surface area contributed by atoms with Gasteiger partial charge < -0.3 is 24.4 Å². The minimum Gasteiger partial charge on any atom is -0.493 e. The molecule has 1 fully saturated rings. The number of unbranched alkanes of at least 4 members (excludes halogenated alkanes) is 3. The van der Waals surface area contributed by atoms with Crippen molar-refractivity contribution in [1.82, 2.24) is 10.2 Å². The molecule has 0 saturated carbocycles. The first-order chi connectivity index (χ1) is 13.6. The van der Waals surface area contributed by atoms with E-state index < -0.39 is 6.04 Å². The molecule has 0 bridgehead atoms. The monoisotopic (exact) mass is 410 g/mol. The summed E-state index contributed by atoms with van der Waals surface area (Å²) in [5.41, 5.74) is 0.401. The summed E-state index contributed by atoms with van der Waals surface area (Å²) in [7, 11) is 4.53. The zero-order valence-electron chi connectivity index (χ0n) is 17.1. The average Bonchev–Trinajstić information content (AvgIpc) is 3.21. The molecule has 7 nitrogen and oxygen atoms in total. The summed E-state index contributed by atoms with van der Waals surface area (Å²) in [4.78, 5) is 27.3. The van der Waals surface area contributed by atoms with Crippen LogP contribution in [0.4, 0.5) is 0 Å². The van der Waals surface area contributed by atoms with Crippen molar-refractivity contribution in [2.45, 2.75) is 38.6 Å². The van der Waals surface area contributed by atoms with Crippen LogP contribution in [0.5, 0.6) is 17.2 Å². The highest BCUT2D eigenvalue weighted by Gasteiger charge is 2.35. The summed E-state index contributed by atoms with van der Waals surface area (Å²) in [5, 5.41) is 2.97. The smallest absolute Gasteiger partial charge is 0.255 e. The molecule has 1 saturated heterocycles. The van der Waals surface area contributed by atoms with Gasteiger partial charge in [0.1, 0.15) is 6.04 Å². The van der Waals surface area contributed by atoms with Gasteiger partial charge in [-0.2, -0.15) is 0 Å². The zero-order chi connectivity index (χ0) is 20.5. The molecule has 8 heteroatoms. The molecule has 0 radical (unpaired) electrons. The molecule has 1 atom stereocenters. The van der Waals surface area contributed by atoms with Gasteiger partial charge in [0.2, 0.25) is 11.7 Å². The number of hydrogen-bond donors (Lipinski definition) is 1. The third kappa shape index (κ3) is 5.25. The number of ether oxygens (including phenoxy) is 3. The molecule has 1 heterocycles. The Kier molecular flexibility index (Phi) is 8.76. The van der Waals surface area contributed by atoms with Crippen molar-refractivity contribution in [3.8, 4) is 17.2 Å². The maximum absolute atomic E-state index is 13.1. The molecule has 0 unspecified atom stereocenters. The maximum atomic E-state index is 13.1. The number of rotatable bonds is 10. The van der Waals surface area contributed by atoms with Gasteiger partial charge in [0.25, 0.3) is 5.91 Å². The Labute approximate surface area is 171 Å². The third-order valence-corrected chi connectivity index (χ3v) is 5.70. The van der Waals surface area contributed by atoms with E-state index in [2.05, 4.69) is 12.2 Å². The molecule has 0 aliphatic carbocycles. The fraction of sp³-hybridized carbons (Fsp3) is 0.600. The maximum Gasteiger partial charge on any atom is 0.255 e. The number of thioether (sulfide) groups is 1. The minimum atomic E-state index is -0.470. The van der Waals surface area contributed by atoms with Crippen molar-refractivity contribution in [3.63, 3.8) is 0 Å². The SMILES string of the molecule is CCCCCCNC(=O)[C@@H]1CSCN1C(=O)c1cc(OC)c(OC)c(OC)c1.